The molecule has 230 valence electrons. The Hall–Kier alpha value is -4.08. The molecule has 0 unspecified atom stereocenters. The maximum atomic E-state index is 12.4. The third kappa shape index (κ3) is 8.09. The lowest BCUT2D eigenvalue weighted by Gasteiger charge is -2.39. The van der Waals surface area contributed by atoms with Crippen LogP contribution in [0, 0.1) is 0 Å². The number of carboxylic acid groups (broad SMARTS) is 1. The van der Waals surface area contributed by atoms with Crippen LogP contribution < -0.4 is 5.32 Å². The number of hydrogen-bond acceptors (Lipinski definition) is 6. The summed E-state index contributed by atoms with van der Waals surface area (Å²) < 4.78 is 13.1. The number of carbonyl (C=O) groups excluding carboxylic acids is 1. The molecular weight excluding hydrogens is 556 g/mol. The molecule has 0 spiro atoms. The van der Waals surface area contributed by atoms with E-state index in [-0.39, 0.29) is 50.0 Å². The average Bonchev–Trinajstić information content (AvgIpc) is 3.04. The van der Waals surface area contributed by atoms with Gasteiger partial charge in [0.05, 0.1) is 18.8 Å². The molecule has 3 N–H and O–H groups in total. The minimum atomic E-state index is -0.918. The first kappa shape index (κ1) is 31.3. The fraction of sp³-hybridized carbons (Fsp3) is 0.333. The zero-order valence-electron chi connectivity index (χ0n) is 25.2. The number of hydrogen-bond donors (Lipinski definition) is 3. The van der Waals surface area contributed by atoms with Crippen LogP contribution in [0.5, 0.6) is 0 Å². The van der Waals surface area contributed by atoms with Gasteiger partial charge in [0.2, 0.25) is 5.91 Å². The van der Waals surface area contributed by atoms with Gasteiger partial charge in [-0.15, -0.1) is 0 Å². The third-order valence-electron chi connectivity index (χ3n) is 8.26. The van der Waals surface area contributed by atoms with E-state index in [1.54, 1.807) is 6.07 Å². The zero-order chi connectivity index (χ0) is 31.1. The van der Waals surface area contributed by atoms with Crippen molar-refractivity contribution in [2.75, 3.05) is 18.9 Å². The number of aliphatic hydroxyl groups is 1. The van der Waals surface area contributed by atoms with Crippen LogP contribution >= 0.6 is 0 Å². The van der Waals surface area contributed by atoms with Gasteiger partial charge in [-0.1, -0.05) is 72.8 Å². The molecule has 8 heteroatoms. The highest BCUT2D eigenvalue weighted by Crippen LogP contribution is 2.39. The predicted octanol–water partition coefficient (Wildman–Crippen LogP) is 6.76. The second-order valence-electron chi connectivity index (χ2n) is 11.5. The maximum Gasteiger partial charge on any atom is 0.303 e. The minimum absolute atomic E-state index is 0.0214. The smallest absolute Gasteiger partial charge is 0.303 e. The number of nitrogens with zero attached hydrogens (tertiary/aromatic N) is 1. The number of carbonyl (C=O) groups is 2. The predicted molar refractivity (Wildman–Crippen MR) is 170 cm³/mol. The summed E-state index contributed by atoms with van der Waals surface area (Å²) in [6, 6.07) is 30.3. The van der Waals surface area contributed by atoms with E-state index in [0.717, 1.165) is 16.7 Å². The van der Waals surface area contributed by atoms with Crippen molar-refractivity contribution in [3.63, 3.8) is 0 Å². The van der Waals surface area contributed by atoms with Crippen molar-refractivity contribution >= 4 is 28.3 Å². The quantitative estimate of drug-likeness (QED) is 0.166. The Kier molecular flexibility index (Phi) is 10.4. The van der Waals surface area contributed by atoms with E-state index in [1.165, 1.54) is 16.3 Å². The van der Waals surface area contributed by atoms with E-state index in [0.29, 0.717) is 18.7 Å². The van der Waals surface area contributed by atoms with Gasteiger partial charge in [0.1, 0.15) is 0 Å². The number of carboxylic acids is 1. The number of amides is 1. The number of rotatable bonds is 12. The van der Waals surface area contributed by atoms with Crippen LogP contribution in [-0.4, -0.2) is 46.7 Å². The van der Waals surface area contributed by atoms with Crippen molar-refractivity contribution < 1.29 is 29.3 Å². The molecule has 1 heterocycles. The summed E-state index contributed by atoms with van der Waals surface area (Å²) in [5, 5.41) is 23.7. The van der Waals surface area contributed by atoms with Crippen LogP contribution in [0.3, 0.4) is 0 Å². The van der Waals surface area contributed by atoms with Gasteiger partial charge < -0.3 is 25.0 Å². The number of likely N-dealkylation sites (N-methyl/N-ethyl adjacent to an activating group) is 1. The van der Waals surface area contributed by atoms with Crippen molar-refractivity contribution in [2.24, 2.45) is 0 Å². The first-order valence-electron chi connectivity index (χ1n) is 15.1. The van der Waals surface area contributed by atoms with Crippen molar-refractivity contribution in [1.29, 1.82) is 0 Å². The fourth-order valence-electron chi connectivity index (χ4n) is 5.62. The number of benzene rings is 4. The fourth-order valence-corrected chi connectivity index (χ4v) is 5.62. The molecule has 0 bridgehead atoms. The van der Waals surface area contributed by atoms with Crippen molar-refractivity contribution in [2.45, 2.75) is 63.8 Å². The molecule has 1 aliphatic rings. The first-order valence-corrected chi connectivity index (χ1v) is 15.1. The minimum Gasteiger partial charge on any atom is -0.481 e. The molecule has 5 rings (SSSR count). The lowest BCUT2D eigenvalue weighted by atomic mass is 9.98. The van der Waals surface area contributed by atoms with E-state index in [4.69, 9.17) is 14.6 Å². The summed E-state index contributed by atoms with van der Waals surface area (Å²) in [6.07, 6.45) is -0.0214. The Bertz CT molecular complexity index is 1570. The number of nitrogens with one attached hydrogen (secondary N) is 1. The number of aliphatic hydroxyl groups excluding tert-OH is 1. The second kappa shape index (κ2) is 14.6. The molecule has 8 nitrogen and oxygen atoms in total. The summed E-state index contributed by atoms with van der Waals surface area (Å²) in [6.45, 7) is 2.86. The molecule has 0 radical (unpaired) electrons. The molecule has 1 amide bonds. The second-order valence-corrected chi connectivity index (χ2v) is 11.5. The van der Waals surface area contributed by atoms with Crippen LogP contribution in [0.1, 0.15) is 73.3 Å². The monoisotopic (exact) mass is 596 g/mol. The van der Waals surface area contributed by atoms with Crippen molar-refractivity contribution in [3.8, 4) is 0 Å². The molecule has 4 atom stereocenters. The van der Waals surface area contributed by atoms with E-state index in [9.17, 15) is 14.7 Å². The van der Waals surface area contributed by atoms with Gasteiger partial charge in [0.25, 0.3) is 0 Å². The maximum absolute atomic E-state index is 12.4. The van der Waals surface area contributed by atoms with Crippen LogP contribution in [0.4, 0.5) is 5.69 Å². The van der Waals surface area contributed by atoms with Crippen LogP contribution in [0.2, 0.25) is 0 Å². The summed E-state index contributed by atoms with van der Waals surface area (Å²) >= 11 is 0. The van der Waals surface area contributed by atoms with Gasteiger partial charge in [0.15, 0.2) is 6.29 Å². The molecule has 4 aromatic carbocycles. The van der Waals surface area contributed by atoms with Gasteiger partial charge in [0, 0.05) is 43.1 Å². The van der Waals surface area contributed by atoms with Gasteiger partial charge >= 0.3 is 5.97 Å². The Labute approximate surface area is 258 Å². The summed E-state index contributed by atoms with van der Waals surface area (Å²) in [5.41, 5.74) is 4.46. The SMILES string of the molecule is C[C@H](c1ccc2ccccc2c1)N(C)C[C@H]1C[C@@H](c2ccc(CO)cc2)O[C@@H](c2cccc(NC(=O)CCCC(=O)O)c2)O1. The van der Waals surface area contributed by atoms with Crippen molar-refractivity contribution in [1.82, 2.24) is 4.90 Å². The van der Waals surface area contributed by atoms with E-state index in [1.807, 2.05) is 42.5 Å². The highest BCUT2D eigenvalue weighted by Gasteiger charge is 2.33. The van der Waals surface area contributed by atoms with E-state index in [2.05, 4.69) is 66.7 Å². The van der Waals surface area contributed by atoms with Gasteiger partial charge in [-0.25, -0.2) is 0 Å². The molecule has 0 saturated carbocycles. The molecule has 1 aliphatic heterocycles. The number of fused-ring (bicyclic) bond motifs is 1. The Morgan fingerprint density at radius 3 is 2.43 bits per heavy atom. The molecule has 44 heavy (non-hydrogen) atoms. The molecule has 1 saturated heterocycles. The lowest BCUT2D eigenvalue weighted by Crippen LogP contribution is -2.38. The van der Waals surface area contributed by atoms with Gasteiger partial charge in [-0.2, -0.15) is 0 Å². The van der Waals surface area contributed by atoms with Gasteiger partial charge in [-0.05, 0) is 66.1 Å². The molecular formula is C36H40N2O6. The van der Waals surface area contributed by atoms with Gasteiger partial charge in [-0.3, -0.25) is 14.5 Å². The summed E-state index contributed by atoms with van der Waals surface area (Å²) in [4.78, 5) is 25.5. The highest BCUT2D eigenvalue weighted by atomic mass is 16.7. The topological polar surface area (TPSA) is 108 Å². The van der Waals surface area contributed by atoms with Crippen molar-refractivity contribution in [3.05, 3.63) is 113 Å². The van der Waals surface area contributed by atoms with Crippen LogP contribution in [0.25, 0.3) is 10.8 Å². The molecule has 4 aromatic rings. The van der Waals surface area contributed by atoms with Crippen LogP contribution in [-0.2, 0) is 25.7 Å². The Morgan fingerprint density at radius 2 is 1.68 bits per heavy atom. The third-order valence-corrected chi connectivity index (χ3v) is 8.26. The Morgan fingerprint density at radius 1 is 0.909 bits per heavy atom. The average molecular weight is 597 g/mol. The number of aliphatic carboxylic acids is 1. The molecule has 1 fully saturated rings. The Balaban J connectivity index is 1.33. The van der Waals surface area contributed by atoms with E-state index < -0.39 is 12.3 Å². The summed E-state index contributed by atoms with van der Waals surface area (Å²) in [7, 11) is 2.11. The van der Waals surface area contributed by atoms with E-state index >= 15 is 0 Å². The normalized spacial score (nSPS) is 19.1. The summed E-state index contributed by atoms with van der Waals surface area (Å²) in [5.74, 6) is -1.16. The lowest BCUT2D eigenvalue weighted by molar-refractivity contribution is -0.253. The number of ether oxygens (including phenoxy) is 2. The zero-order valence-corrected chi connectivity index (χ0v) is 25.2. The first-order chi connectivity index (χ1) is 21.3. The molecule has 0 aliphatic carbocycles. The standard InChI is InChI=1S/C36H40N2O6/c1-24(28-18-17-26-7-3-4-8-29(26)19-28)38(2)22-32-21-33(27-15-13-25(23-39)14-16-27)44-36(43-32)30-9-5-10-31(20-30)37-34(40)11-6-12-35(41)42/h3-5,7-10,13-20,24,32-33,36,39H,6,11-12,21-23H2,1-2H3,(H,37,40)(H,41,42)/t24-,32-,33+,36+/m1/s1. The van der Waals surface area contributed by atoms with Crippen LogP contribution in [0.15, 0.2) is 91.0 Å². The largest absolute Gasteiger partial charge is 0.481 e. The molecule has 0 aromatic heterocycles. The number of anilines is 1. The highest BCUT2D eigenvalue weighted by molar-refractivity contribution is 5.91.